The summed E-state index contributed by atoms with van der Waals surface area (Å²) in [7, 11) is 1.78. The van der Waals surface area contributed by atoms with Gasteiger partial charge in [-0.05, 0) is 24.3 Å². The Morgan fingerprint density at radius 1 is 1.35 bits per heavy atom. The van der Waals surface area contributed by atoms with Crippen molar-refractivity contribution < 1.29 is 4.79 Å². The number of rotatable bonds is 2. The molecule has 0 atom stereocenters. The summed E-state index contributed by atoms with van der Waals surface area (Å²) in [4.78, 5) is 14.0. The van der Waals surface area contributed by atoms with E-state index < -0.39 is 0 Å². The molecule has 5 nitrogen and oxygen atoms in total. The zero-order valence-electron chi connectivity index (χ0n) is 9.85. The van der Waals surface area contributed by atoms with Gasteiger partial charge in [-0.1, -0.05) is 0 Å². The lowest BCUT2D eigenvalue weighted by molar-refractivity contribution is 0.0761. The molecule has 0 bridgehead atoms. The monoisotopic (exact) mass is 252 g/mol. The van der Waals surface area contributed by atoms with E-state index in [1.807, 2.05) is 16.7 Å². The predicted molar refractivity (Wildman–Crippen MR) is 69.4 cm³/mol. The Morgan fingerprint density at radius 3 is 2.94 bits per heavy atom. The number of nitrogens with zero attached hydrogens (tertiary/aromatic N) is 3. The molecule has 2 rings (SSSR count). The van der Waals surface area contributed by atoms with Gasteiger partial charge in [0.2, 0.25) is 0 Å². The molecule has 0 aliphatic carbocycles. The van der Waals surface area contributed by atoms with Gasteiger partial charge in [0.1, 0.15) is 5.82 Å². The van der Waals surface area contributed by atoms with E-state index in [0.29, 0.717) is 11.5 Å². The minimum Gasteiger partial charge on any atom is -0.372 e. The lowest BCUT2D eigenvalue weighted by Gasteiger charge is -2.18. The fraction of sp³-hybridized carbons (Fsp3) is 0.545. The maximum absolute atomic E-state index is 12.1. The van der Waals surface area contributed by atoms with Gasteiger partial charge in [-0.2, -0.15) is 11.8 Å². The second-order valence-electron chi connectivity index (χ2n) is 3.81. The van der Waals surface area contributed by atoms with Gasteiger partial charge >= 0.3 is 0 Å². The lowest BCUT2D eigenvalue weighted by atomic mass is 10.3. The van der Waals surface area contributed by atoms with Crippen LogP contribution in [0.3, 0.4) is 0 Å². The molecule has 0 radical (unpaired) electrons. The van der Waals surface area contributed by atoms with Crippen molar-refractivity contribution in [1.82, 2.24) is 15.1 Å². The summed E-state index contributed by atoms with van der Waals surface area (Å²) in [6.07, 6.45) is 1.05. The van der Waals surface area contributed by atoms with Gasteiger partial charge in [0, 0.05) is 25.9 Å². The summed E-state index contributed by atoms with van der Waals surface area (Å²) in [6.45, 7) is 1.63. The first-order valence-electron chi connectivity index (χ1n) is 5.70. The van der Waals surface area contributed by atoms with E-state index >= 15 is 0 Å². The van der Waals surface area contributed by atoms with Crippen LogP contribution in [0, 0.1) is 0 Å². The summed E-state index contributed by atoms with van der Waals surface area (Å²) in [5.74, 6) is 2.80. The van der Waals surface area contributed by atoms with Gasteiger partial charge in [-0.3, -0.25) is 4.79 Å². The molecule has 0 spiro atoms. The minimum atomic E-state index is -0.0114. The molecule has 6 heteroatoms. The van der Waals surface area contributed by atoms with Crippen molar-refractivity contribution in [2.75, 3.05) is 37.0 Å². The van der Waals surface area contributed by atoms with Crippen molar-refractivity contribution in [3.63, 3.8) is 0 Å². The van der Waals surface area contributed by atoms with Gasteiger partial charge in [-0.25, -0.2) is 0 Å². The van der Waals surface area contributed by atoms with Crippen LogP contribution in [0.25, 0.3) is 0 Å². The first-order chi connectivity index (χ1) is 8.31. The maximum Gasteiger partial charge on any atom is 0.274 e. The normalized spacial score (nSPS) is 16.4. The molecule has 1 aromatic rings. The average molecular weight is 252 g/mol. The molecule has 1 aromatic heterocycles. The number of hydrogen-bond donors (Lipinski definition) is 1. The van der Waals surface area contributed by atoms with Gasteiger partial charge in [0.25, 0.3) is 5.91 Å². The van der Waals surface area contributed by atoms with E-state index in [1.165, 1.54) is 0 Å². The molecule has 1 saturated heterocycles. The van der Waals surface area contributed by atoms with Crippen LogP contribution >= 0.6 is 11.8 Å². The second-order valence-corrected chi connectivity index (χ2v) is 5.04. The number of thioether (sulfide) groups is 1. The predicted octanol–water partition coefficient (Wildman–Crippen LogP) is 1.10. The SMILES string of the molecule is CNc1ccc(C(=O)N2CCCSCC2)nn1. The van der Waals surface area contributed by atoms with E-state index in [2.05, 4.69) is 15.5 Å². The molecule has 0 unspecified atom stereocenters. The average Bonchev–Trinajstić information content (AvgIpc) is 2.67. The molecule has 1 N–H and O–H groups in total. The first kappa shape index (κ1) is 12.2. The summed E-state index contributed by atoms with van der Waals surface area (Å²) in [5, 5.41) is 10.7. The molecule has 0 aromatic carbocycles. The highest BCUT2D eigenvalue weighted by molar-refractivity contribution is 7.99. The van der Waals surface area contributed by atoms with E-state index in [1.54, 1.807) is 19.2 Å². The number of aromatic nitrogens is 2. The number of amides is 1. The molecular weight excluding hydrogens is 236 g/mol. The molecule has 1 aliphatic rings. The van der Waals surface area contributed by atoms with Crippen LogP contribution in [0.15, 0.2) is 12.1 Å². The van der Waals surface area contributed by atoms with Gasteiger partial charge in [0.15, 0.2) is 5.69 Å². The van der Waals surface area contributed by atoms with Crippen molar-refractivity contribution in [3.05, 3.63) is 17.8 Å². The van der Waals surface area contributed by atoms with Crippen molar-refractivity contribution >= 4 is 23.5 Å². The van der Waals surface area contributed by atoms with Crippen molar-refractivity contribution in [2.45, 2.75) is 6.42 Å². The summed E-state index contributed by atoms with van der Waals surface area (Å²) >= 11 is 1.90. The Bertz CT molecular complexity index is 374. The van der Waals surface area contributed by atoms with Gasteiger partial charge in [-0.15, -0.1) is 10.2 Å². The zero-order chi connectivity index (χ0) is 12.1. The molecule has 92 valence electrons. The quantitative estimate of drug-likeness (QED) is 0.854. The first-order valence-corrected chi connectivity index (χ1v) is 6.85. The largest absolute Gasteiger partial charge is 0.372 e. The van der Waals surface area contributed by atoms with Crippen LogP contribution < -0.4 is 5.32 Å². The Labute approximate surface area is 105 Å². The molecule has 17 heavy (non-hydrogen) atoms. The Balaban J connectivity index is 2.06. The van der Waals surface area contributed by atoms with Crippen molar-refractivity contribution in [2.24, 2.45) is 0 Å². The summed E-state index contributed by atoms with van der Waals surface area (Å²) in [5.41, 5.74) is 0.427. The number of anilines is 1. The van der Waals surface area contributed by atoms with Gasteiger partial charge < -0.3 is 10.2 Å². The van der Waals surface area contributed by atoms with Crippen LogP contribution in [0.2, 0.25) is 0 Å². The van der Waals surface area contributed by atoms with Crippen LogP contribution in [0.5, 0.6) is 0 Å². The summed E-state index contributed by atoms with van der Waals surface area (Å²) < 4.78 is 0. The second kappa shape index (κ2) is 5.86. The van der Waals surface area contributed by atoms with Gasteiger partial charge in [0.05, 0.1) is 0 Å². The fourth-order valence-electron chi connectivity index (χ4n) is 1.69. The molecule has 0 saturated carbocycles. The Kier molecular flexibility index (Phi) is 4.19. The number of carbonyl (C=O) groups excluding carboxylic acids is 1. The zero-order valence-corrected chi connectivity index (χ0v) is 10.7. The topological polar surface area (TPSA) is 58.1 Å². The third kappa shape index (κ3) is 3.09. The van der Waals surface area contributed by atoms with E-state index in [9.17, 15) is 4.79 Å². The molecule has 1 aliphatic heterocycles. The van der Waals surface area contributed by atoms with Crippen molar-refractivity contribution in [3.8, 4) is 0 Å². The lowest BCUT2D eigenvalue weighted by Crippen LogP contribution is -2.33. The van der Waals surface area contributed by atoms with Crippen LogP contribution in [0.1, 0.15) is 16.9 Å². The van der Waals surface area contributed by atoms with Crippen LogP contribution in [-0.2, 0) is 0 Å². The molecular formula is C11H16N4OS. The molecule has 1 fully saturated rings. The number of hydrogen-bond acceptors (Lipinski definition) is 5. The summed E-state index contributed by atoms with van der Waals surface area (Å²) in [6, 6.07) is 3.49. The highest BCUT2D eigenvalue weighted by atomic mass is 32.2. The maximum atomic E-state index is 12.1. The van der Waals surface area contributed by atoms with E-state index in [-0.39, 0.29) is 5.91 Å². The van der Waals surface area contributed by atoms with Crippen molar-refractivity contribution in [1.29, 1.82) is 0 Å². The number of nitrogens with one attached hydrogen (secondary N) is 1. The number of carbonyl (C=O) groups is 1. The fourth-order valence-corrected chi connectivity index (χ4v) is 2.58. The Hall–Kier alpha value is -1.30. The molecule has 2 heterocycles. The standard InChI is InChI=1S/C11H16N4OS/c1-12-10-4-3-9(13-14-10)11(16)15-5-2-7-17-8-6-15/h3-4H,2,5-8H2,1H3,(H,12,14). The van der Waals surface area contributed by atoms with E-state index in [4.69, 9.17) is 0 Å². The Morgan fingerprint density at radius 2 is 2.24 bits per heavy atom. The van der Waals surface area contributed by atoms with E-state index in [0.717, 1.165) is 31.0 Å². The highest BCUT2D eigenvalue weighted by Gasteiger charge is 2.18. The third-order valence-corrected chi connectivity index (χ3v) is 3.70. The minimum absolute atomic E-state index is 0.0114. The third-order valence-electron chi connectivity index (χ3n) is 2.65. The smallest absolute Gasteiger partial charge is 0.274 e. The van der Waals surface area contributed by atoms with Crippen LogP contribution in [0.4, 0.5) is 5.82 Å². The highest BCUT2D eigenvalue weighted by Crippen LogP contribution is 2.12. The van der Waals surface area contributed by atoms with Crippen LogP contribution in [-0.4, -0.2) is 52.6 Å². The molecule has 1 amide bonds.